The van der Waals surface area contributed by atoms with E-state index in [2.05, 4.69) is 31.1 Å². The molecule has 7 nitrogen and oxygen atoms in total. The number of ether oxygens (including phenoxy) is 1. The molecule has 0 fully saturated rings. The first-order valence-electron chi connectivity index (χ1n) is 7.59. The highest BCUT2D eigenvalue weighted by atomic mass is 79.9. The fourth-order valence-electron chi connectivity index (χ4n) is 2.64. The summed E-state index contributed by atoms with van der Waals surface area (Å²) in [6.45, 7) is 0. The van der Waals surface area contributed by atoms with E-state index in [0.29, 0.717) is 22.2 Å². The molecule has 4 aromatic rings. The number of nitrogens with one attached hydrogen (secondary N) is 1. The van der Waals surface area contributed by atoms with Crippen LogP contribution in [0.4, 0.5) is 5.69 Å². The molecule has 2 aromatic heterocycles. The number of amides is 1. The fraction of sp³-hybridized carbons (Fsp3) is 0.0556. The van der Waals surface area contributed by atoms with E-state index in [1.54, 1.807) is 37.4 Å². The van der Waals surface area contributed by atoms with Gasteiger partial charge in [-0.2, -0.15) is 0 Å². The van der Waals surface area contributed by atoms with Crippen molar-refractivity contribution in [2.24, 2.45) is 10.2 Å². The van der Waals surface area contributed by atoms with Crippen molar-refractivity contribution in [2.75, 3.05) is 7.11 Å². The van der Waals surface area contributed by atoms with Crippen LogP contribution < -0.4 is 4.74 Å². The van der Waals surface area contributed by atoms with Crippen LogP contribution in [0.3, 0.4) is 0 Å². The number of aromatic hydroxyl groups is 1. The summed E-state index contributed by atoms with van der Waals surface area (Å²) in [5.41, 5.74) is 1.39. The Hall–Kier alpha value is -3.13. The Balaban J connectivity index is 1.69. The Labute approximate surface area is 155 Å². The summed E-state index contributed by atoms with van der Waals surface area (Å²) >= 11 is 3.37. The van der Waals surface area contributed by atoms with E-state index >= 15 is 0 Å². The topological polar surface area (TPSA) is 100 Å². The van der Waals surface area contributed by atoms with Crippen LogP contribution in [0.15, 0.2) is 61.6 Å². The largest absolute Gasteiger partial charge is 0.497 e. The van der Waals surface area contributed by atoms with E-state index in [-0.39, 0.29) is 17.3 Å². The lowest BCUT2D eigenvalue weighted by atomic mass is 10.2. The maximum absolute atomic E-state index is 12.3. The number of fused-ring (bicyclic) bond motifs is 2. The number of carbonyl (C=O) groups is 1. The summed E-state index contributed by atoms with van der Waals surface area (Å²) in [5, 5.41) is 19.0. The molecule has 0 aliphatic rings. The van der Waals surface area contributed by atoms with Crippen LogP contribution in [0.5, 0.6) is 11.6 Å². The second kappa shape index (κ2) is 6.30. The van der Waals surface area contributed by atoms with Gasteiger partial charge in [-0.15, -0.1) is 10.2 Å². The number of hydrogen-bond acceptors (Lipinski definition) is 5. The number of nitrogens with zero attached hydrogens (tertiary/aromatic N) is 2. The minimum Gasteiger partial charge on any atom is -0.497 e. The highest BCUT2D eigenvalue weighted by Crippen LogP contribution is 2.37. The summed E-state index contributed by atoms with van der Waals surface area (Å²) in [6.07, 6.45) is 0. The van der Waals surface area contributed by atoms with Crippen molar-refractivity contribution in [3.63, 3.8) is 0 Å². The van der Waals surface area contributed by atoms with Gasteiger partial charge in [0.2, 0.25) is 5.88 Å². The first-order valence-corrected chi connectivity index (χ1v) is 8.38. The average molecular weight is 414 g/mol. The lowest BCUT2D eigenvalue weighted by Gasteiger charge is -1.98. The average Bonchev–Trinajstić information content (AvgIpc) is 3.19. The van der Waals surface area contributed by atoms with E-state index < -0.39 is 5.91 Å². The molecule has 2 aromatic carbocycles. The monoisotopic (exact) mass is 413 g/mol. The molecule has 8 heteroatoms. The number of methoxy groups -OCH3 is 1. The number of aromatic amines is 1. The van der Waals surface area contributed by atoms with E-state index in [1.807, 2.05) is 12.1 Å². The maximum atomic E-state index is 12.3. The molecule has 2 heterocycles. The van der Waals surface area contributed by atoms with Crippen LogP contribution in [0.25, 0.3) is 21.9 Å². The van der Waals surface area contributed by atoms with Crippen molar-refractivity contribution < 1.29 is 19.1 Å². The quantitative estimate of drug-likeness (QED) is 0.444. The summed E-state index contributed by atoms with van der Waals surface area (Å²) in [5.74, 6) is -0.159. The first-order chi connectivity index (χ1) is 12.5. The van der Waals surface area contributed by atoms with Crippen LogP contribution in [-0.2, 0) is 0 Å². The first kappa shape index (κ1) is 16.3. The van der Waals surface area contributed by atoms with Gasteiger partial charge >= 0.3 is 5.91 Å². The number of halogens is 1. The maximum Gasteiger partial charge on any atom is 0.331 e. The molecule has 0 atom stereocenters. The van der Waals surface area contributed by atoms with Gasteiger partial charge < -0.3 is 19.2 Å². The molecule has 0 unspecified atom stereocenters. The molecule has 1 amide bonds. The molecule has 0 aliphatic carbocycles. The third-order valence-corrected chi connectivity index (χ3v) is 4.38. The Kier molecular flexibility index (Phi) is 3.96. The number of aromatic nitrogens is 1. The molecule has 26 heavy (non-hydrogen) atoms. The van der Waals surface area contributed by atoms with Crippen molar-refractivity contribution >= 4 is 49.4 Å². The SMILES string of the molecule is COc1ccc2[nH]c(O)c(N=NC(=O)c3cc4cc(Br)ccc4o3)c2c1. The van der Waals surface area contributed by atoms with E-state index in [4.69, 9.17) is 9.15 Å². The van der Waals surface area contributed by atoms with Gasteiger partial charge in [0, 0.05) is 15.2 Å². The Morgan fingerprint density at radius 1 is 1.23 bits per heavy atom. The molecule has 4 rings (SSSR count). The number of H-pyrrole nitrogens is 1. The van der Waals surface area contributed by atoms with E-state index in [9.17, 15) is 9.90 Å². The highest BCUT2D eigenvalue weighted by Gasteiger charge is 2.15. The van der Waals surface area contributed by atoms with Gasteiger partial charge in [-0.1, -0.05) is 15.9 Å². The van der Waals surface area contributed by atoms with Crippen molar-refractivity contribution in [1.82, 2.24) is 4.98 Å². The standard InChI is InChI=1S/C18H12BrN3O4/c1-25-11-3-4-13-12(8-11)16(18(24)20-13)21-22-17(23)15-7-9-6-10(19)2-5-14(9)26-15/h2-8,20,24H,1H3. The van der Waals surface area contributed by atoms with Crippen LogP contribution >= 0.6 is 15.9 Å². The zero-order valence-corrected chi connectivity index (χ0v) is 15.1. The smallest absolute Gasteiger partial charge is 0.331 e. The van der Waals surface area contributed by atoms with Crippen molar-refractivity contribution in [1.29, 1.82) is 0 Å². The van der Waals surface area contributed by atoms with Gasteiger partial charge in [0.1, 0.15) is 11.3 Å². The van der Waals surface area contributed by atoms with Gasteiger partial charge in [0.25, 0.3) is 0 Å². The molecule has 2 N–H and O–H groups in total. The van der Waals surface area contributed by atoms with Crippen LogP contribution in [-0.4, -0.2) is 23.1 Å². The predicted octanol–water partition coefficient (Wildman–Crippen LogP) is 5.31. The molecular weight excluding hydrogens is 402 g/mol. The van der Waals surface area contributed by atoms with E-state index in [0.717, 1.165) is 9.86 Å². The Bertz CT molecular complexity index is 1180. The number of carbonyl (C=O) groups excluding carboxylic acids is 1. The molecule has 130 valence electrons. The predicted molar refractivity (Wildman–Crippen MR) is 99.3 cm³/mol. The molecule has 0 bridgehead atoms. The Morgan fingerprint density at radius 3 is 2.88 bits per heavy atom. The zero-order valence-electron chi connectivity index (χ0n) is 13.5. The molecule has 0 saturated carbocycles. The number of azo groups is 1. The summed E-state index contributed by atoms with van der Waals surface area (Å²) in [4.78, 5) is 15.1. The van der Waals surface area contributed by atoms with Gasteiger partial charge in [-0.25, -0.2) is 0 Å². The van der Waals surface area contributed by atoms with Crippen molar-refractivity contribution in [2.45, 2.75) is 0 Å². The second-order valence-corrected chi connectivity index (χ2v) is 6.45. The Morgan fingerprint density at radius 2 is 2.08 bits per heavy atom. The van der Waals surface area contributed by atoms with Gasteiger partial charge in [0.05, 0.1) is 12.6 Å². The highest BCUT2D eigenvalue weighted by molar-refractivity contribution is 9.10. The van der Waals surface area contributed by atoms with Gasteiger partial charge in [-0.3, -0.25) is 4.79 Å². The molecule has 0 spiro atoms. The number of rotatable bonds is 3. The van der Waals surface area contributed by atoms with Gasteiger partial charge in [0.15, 0.2) is 11.4 Å². The number of hydrogen-bond donors (Lipinski definition) is 2. The minimum atomic E-state index is -0.644. The van der Waals surface area contributed by atoms with Crippen molar-refractivity contribution in [3.8, 4) is 11.6 Å². The van der Waals surface area contributed by atoms with Crippen LogP contribution in [0.1, 0.15) is 10.6 Å². The second-order valence-electron chi connectivity index (χ2n) is 5.53. The zero-order chi connectivity index (χ0) is 18.3. The third kappa shape index (κ3) is 2.84. The summed E-state index contributed by atoms with van der Waals surface area (Å²) < 4.78 is 11.5. The van der Waals surface area contributed by atoms with Gasteiger partial charge in [-0.05, 0) is 42.5 Å². The molecule has 0 aliphatic heterocycles. The normalized spacial score (nSPS) is 11.6. The molecule has 0 saturated heterocycles. The van der Waals surface area contributed by atoms with E-state index in [1.165, 1.54) is 0 Å². The molecular formula is C18H12BrN3O4. The minimum absolute atomic E-state index is 0.0683. The number of benzene rings is 2. The lowest BCUT2D eigenvalue weighted by Crippen LogP contribution is -1.89. The lowest BCUT2D eigenvalue weighted by molar-refractivity contribution is 0.0970. The number of furan rings is 1. The van der Waals surface area contributed by atoms with Crippen molar-refractivity contribution in [3.05, 3.63) is 52.7 Å². The third-order valence-electron chi connectivity index (χ3n) is 3.89. The summed E-state index contributed by atoms with van der Waals surface area (Å²) in [6, 6.07) is 12.2. The fourth-order valence-corrected chi connectivity index (χ4v) is 3.01. The van der Waals surface area contributed by atoms with Crippen LogP contribution in [0, 0.1) is 0 Å². The van der Waals surface area contributed by atoms with Crippen LogP contribution in [0.2, 0.25) is 0 Å². The summed E-state index contributed by atoms with van der Waals surface area (Å²) in [7, 11) is 1.54. The molecule has 0 radical (unpaired) electrons.